The summed E-state index contributed by atoms with van der Waals surface area (Å²) in [6.45, 7) is 4.00. The van der Waals surface area contributed by atoms with Gasteiger partial charge in [0.05, 0.1) is 28.7 Å². The molecule has 1 saturated heterocycles. The molecule has 0 spiro atoms. The first-order valence-corrected chi connectivity index (χ1v) is 10.4. The minimum atomic E-state index is -0.834. The van der Waals surface area contributed by atoms with Gasteiger partial charge in [0.25, 0.3) is 5.91 Å². The number of anilines is 1. The zero-order valence-corrected chi connectivity index (χ0v) is 17.3. The van der Waals surface area contributed by atoms with Gasteiger partial charge < -0.3 is 14.6 Å². The van der Waals surface area contributed by atoms with E-state index in [4.69, 9.17) is 21.6 Å². The first kappa shape index (κ1) is 20.2. The number of pyridine rings is 1. The average molecular weight is 436 g/mol. The van der Waals surface area contributed by atoms with E-state index in [0.29, 0.717) is 30.5 Å². The number of carbonyl (C=O) groups is 1. The van der Waals surface area contributed by atoms with Crippen molar-refractivity contribution in [3.05, 3.63) is 40.2 Å². The maximum absolute atomic E-state index is 13.6. The highest BCUT2D eigenvalue weighted by Gasteiger charge is 2.35. The summed E-state index contributed by atoms with van der Waals surface area (Å²) < 4.78 is 24.2. The van der Waals surface area contributed by atoms with Crippen molar-refractivity contribution in [3.8, 4) is 6.07 Å². The average Bonchev–Trinajstić information content (AvgIpc) is 2.95. The Morgan fingerprint density at radius 2 is 2.24 bits per heavy atom. The SMILES string of the molecule is CC1(NSc2c(Cl)c(C(=O)Nc3cc(F)nc(C#N)c3)n3c2CCCC3)COC1. The molecule has 2 aliphatic rings. The van der Waals surface area contributed by atoms with Crippen LogP contribution in [0.15, 0.2) is 17.0 Å². The first-order valence-electron chi connectivity index (χ1n) is 9.22. The molecule has 0 radical (unpaired) electrons. The summed E-state index contributed by atoms with van der Waals surface area (Å²) in [6, 6.07) is 4.17. The summed E-state index contributed by atoms with van der Waals surface area (Å²) >= 11 is 8.07. The van der Waals surface area contributed by atoms with Crippen molar-refractivity contribution in [3.63, 3.8) is 0 Å². The Hall–Kier alpha value is -2.12. The number of rotatable bonds is 5. The van der Waals surface area contributed by atoms with Crippen LogP contribution in [-0.2, 0) is 17.7 Å². The number of nitriles is 1. The number of ether oxygens (including phenoxy) is 1. The van der Waals surface area contributed by atoms with Crippen molar-refractivity contribution in [2.24, 2.45) is 0 Å². The van der Waals surface area contributed by atoms with Crippen molar-refractivity contribution in [1.82, 2.24) is 14.3 Å². The lowest BCUT2D eigenvalue weighted by atomic mass is 10.0. The predicted molar refractivity (Wildman–Crippen MR) is 107 cm³/mol. The van der Waals surface area contributed by atoms with Gasteiger partial charge in [-0.2, -0.15) is 9.65 Å². The number of hydrogen-bond donors (Lipinski definition) is 2. The molecule has 4 heterocycles. The predicted octanol–water partition coefficient (Wildman–Crippen LogP) is 3.52. The van der Waals surface area contributed by atoms with E-state index in [1.54, 1.807) is 6.07 Å². The molecule has 10 heteroatoms. The molecule has 29 heavy (non-hydrogen) atoms. The molecule has 152 valence electrons. The molecule has 2 N–H and O–H groups in total. The number of nitrogens with one attached hydrogen (secondary N) is 2. The Balaban J connectivity index is 1.63. The third kappa shape index (κ3) is 3.98. The Morgan fingerprint density at radius 3 is 2.93 bits per heavy atom. The van der Waals surface area contributed by atoms with E-state index in [9.17, 15) is 9.18 Å². The zero-order valence-electron chi connectivity index (χ0n) is 15.7. The summed E-state index contributed by atoms with van der Waals surface area (Å²) in [5.74, 6) is -1.28. The van der Waals surface area contributed by atoms with E-state index in [2.05, 4.69) is 21.9 Å². The lowest BCUT2D eigenvalue weighted by molar-refractivity contribution is -0.0510. The molecule has 7 nitrogen and oxygen atoms in total. The van der Waals surface area contributed by atoms with Crippen LogP contribution in [0, 0.1) is 17.3 Å². The van der Waals surface area contributed by atoms with E-state index < -0.39 is 11.9 Å². The third-order valence-corrected chi connectivity index (χ3v) is 6.65. The van der Waals surface area contributed by atoms with Crippen LogP contribution in [0.2, 0.25) is 5.02 Å². The topological polar surface area (TPSA) is 92.0 Å². The molecule has 4 rings (SSSR count). The Bertz CT molecular complexity index is 1020. The van der Waals surface area contributed by atoms with Crippen molar-refractivity contribution in [2.75, 3.05) is 18.5 Å². The molecule has 1 fully saturated rings. The van der Waals surface area contributed by atoms with Crippen LogP contribution in [0.1, 0.15) is 41.6 Å². The fourth-order valence-corrected chi connectivity index (χ4v) is 4.85. The number of fused-ring (bicyclic) bond motifs is 1. The fourth-order valence-electron chi connectivity index (χ4n) is 3.45. The van der Waals surface area contributed by atoms with Gasteiger partial charge in [0.1, 0.15) is 17.5 Å². The van der Waals surface area contributed by atoms with E-state index in [1.165, 1.54) is 18.0 Å². The molecule has 0 aliphatic carbocycles. The molecule has 0 saturated carbocycles. The molecule has 0 aromatic carbocycles. The smallest absolute Gasteiger partial charge is 0.273 e. The molecule has 2 aliphatic heterocycles. The van der Waals surface area contributed by atoms with Gasteiger partial charge in [0, 0.05) is 24.0 Å². The Morgan fingerprint density at radius 1 is 1.45 bits per heavy atom. The summed E-state index contributed by atoms with van der Waals surface area (Å²) in [5, 5.41) is 12.0. The molecule has 0 bridgehead atoms. The van der Waals surface area contributed by atoms with Gasteiger partial charge >= 0.3 is 0 Å². The highest BCUT2D eigenvalue weighted by molar-refractivity contribution is 7.97. The van der Waals surface area contributed by atoms with Crippen LogP contribution >= 0.6 is 23.5 Å². The van der Waals surface area contributed by atoms with Gasteiger partial charge in [0.2, 0.25) is 5.95 Å². The van der Waals surface area contributed by atoms with Crippen LogP contribution < -0.4 is 10.0 Å². The quantitative estimate of drug-likeness (QED) is 0.551. The van der Waals surface area contributed by atoms with Crippen molar-refractivity contribution < 1.29 is 13.9 Å². The van der Waals surface area contributed by atoms with E-state index in [0.717, 1.165) is 35.9 Å². The maximum Gasteiger partial charge on any atom is 0.273 e. The molecule has 2 aromatic rings. The van der Waals surface area contributed by atoms with E-state index in [-0.39, 0.29) is 16.9 Å². The van der Waals surface area contributed by atoms with Crippen LogP contribution in [0.5, 0.6) is 0 Å². The maximum atomic E-state index is 13.6. The van der Waals surface area contributed by atoms with Crippen LogP contribution in [-0.4, -0.2) is 34.2 Å². The lowest BCUT2D eigenvalue weighted by Crippen LogP contribution is -2.55. The first-order chi connectivity index (χ1) is 13.9. The third-order valence-electron chi connectivity index (χ3n) is 4.93. The normalized spacial score (nSPS) is 17.2. The molecule has 0 atom stereocenters. The largest absolute Gasteiger partial charge is 0.377 e. The van der Waals surface area contributed by atoms with E-state index in [1.807, 2.05) is 4.57 Å². The highest BCUT2D eigenvalue weighted by atomic mass is 35.5. The lowest BCUT2D eigenvalue weighted by Gasteiger charge is -2.38. The number of nitrogens with zero attached hydrogens (tertiary/aromatic N) is 3. The standard InChI is InChI=1S/C19H19ClFN5O2S/c1-19(9-28-10-19)25-29-17-13-4-2-3-5-26(13)16(15(17)20)18(27)24-11-6-12(8-22)23-14(21)7-11/h6-7,25H,2-5,9-10H2,1H3,(H,23,24,27). The Labute approximate surface area is 176 Å². The minimum Gasteiger partial charge on any atom is -0.377 e. The molecule has 1 amide bonds. The fraction of sp³-hybridized carbons (Fsp3) is 0.421. The second-order valence-corrected chi connectivity index (χ2v) is 8.63. The summed E-state index contributed by atoms with van der Waals surface area (Å²) in [4.78, 5) is 17.3. The molecule has 0 unspecified atom stereocenters. The zero-order chi connectivity index (χ0) is 20.6. The Kier molecular flexibility index (Phi) is 5.53. The van der Waals surface area contributed by atoms with Gasteiger partial charge in [0.15, 0.2) is 0 Å². The monoisotopic (exact) mass is 435 g/mol. The van der Waals surface area contributed by atoms with Crippen molar-refractivity contribution in [2.45, 2.75) is 43.2 Å². The van der Waals surface area contributed by atoms with Gasteiger partial charge in [-0.3, -0.25) is 4.79 Å². The van der Waals surface area contributed by atoms with Gasteiger partial charge in [-0.15, -0.1) is 0 Å². The van der Waals surface area contributed by atoms with Gasteiger partial charge in [-0.1, -0.05) is 11.6 Å². The summed E-state index contributed by atoms with van der Waals surface area (Å²) in [5.41, 5.74) is 1.29. The minimum absolute atomic E-state index is 0.111. The van der Waals surface area contributed by atoms with Crippen molar-refractivity contribution in [1.29, 1.82) is 5.26 Å². The van der Waals surface area contributed by atoms with Gasteiger partial charge in [-0.05, 0) is 44.2 Å². The number of amides is 1. The van der Waals surface area contributed by atoms with Crippen LogP contribution in [0.25, 0.3) is 0 Å². The number of aromatic nitrogens is 2. The molecular formula is C19H19ClFN5O2S. The highest BCUT2D eigenvalue weighted by Crippen LogP contribution is 2.39. The van der Waals surface area contributed by atoms with Gasteiger partial charge in [-0.25, -0.2) is 9.71 Å². The number of hydrogen-bond acceptors (Lipinski definition) is 6. The number of carbonyl (C=O) groups excluding carboxylic acids is 1. The van der Waals surface area contributed by atoms with E-state index >= 15 is 0 Å². The number of halogens is 2. The van der Waals surface area contributed by atoms with Crippen molar-refractivity contribution >= 4 is 35.1 Å². The molecular weight excluding hydrogens is 417 g/mol. The second-order valence-electron chi connectivity index (χ2n) is 7.43. The van der Waals surface area contributed by atoms with Crippen LogP contribution in [0.4, 0.5) is 10.1 Å². The molecule has 2 aromatic heterocycles. The summed E-state index contributed by atoms with van der Waals surface area (Å²) in [6.07, 6.45) is 2.80. The van der Waals surface area contributed by atoms with Crippen LogP contribution in [0.3, 0.4) is 0 Å². The second kappa shape index (κ2) is 7.95. The summed E-state index contributed by atoms with van der Waals surface area (Å²) in [7, 11) is 0.